The van der Waals surface area contributed by atoms with Gasteiger partial charge in [0.25, 0.3) is 0 Å². The Morgan fingerprint density at radius 3 is 2.46 bits per heavy atom. The average molecular weight is 188 g/mol. The second-order valence-corrected chi connectivity index (χ2v) is 4.04. The smallest absolute Gasteiger partial charge is 0.249 e. The molecule has 0 fully saturated rings. The predicted molar refractivity (Wildman–Crippen MR) is 52.4 cm³/mol. The zero-order valence-electron chi connectivity index (χ0n) is 8.89. The van der Waals surface area contributed by atoms with Crippen LogP contribution in [0.5, 0.6) is 0 Å². The van der Waals surface area contributed by atoms with Crippen LogP contribution in [0.3, 0.4) is 0 Å². The van der Waals surface area contributed by atoms with Crippen LogP contribution in [0.15, 0.2) is 0 Å². The molecule has 0 aromatic heterocycles. The summed E-state index contributed by atoms with van der Waals surface area (Å²) in [6.45, 7) is 8.37. The molecule has 0 radical (unpaired) electrons. The number of ether oxygens (including phenoxy) is 1. The van der Waals surface area contributed by atoms with Gasteiger partial charge in [-0.15, -0.1) is 0 Å². The molecule has 4 heteroatoms. The molecule has 3 N–H and O–H groups in total. The van der Waals surface area contributed by atoms with Crippen LogP contribution in [0.2, 0.25) is 0 Å². The normalized spacial score (nSPS) is 13.9. The molecule has 0 aliphatic carbocycles. The molecule has 4 nitrogen and oxygen atoms in total. The summed E-state index contributed by atoms with van der Waals surface area (Å²) in [7, 11) is 0. The highest BCUT2D eigenvalue weighted by Gasteiger charge is 2.18. The Morgan fingerprint density at radius 1 is 1.54 bits per heavy atom. The molecule has 0 rings (SSSR count). The van der Waals surface area contributed by atoms with Crippen LogP contribution in [0.1, 0.15) is 27.7 Å². The van der Waals surface area contributed by atoms with E-state index in [9.17, 15) is 4.79 Å². The third-order valence-corrected chi connectivity index (χ3v) is 1.35. The Morgan fingerprint density at radius 2 is 2.08 bits per heavy atom. The predicted octanol–water partition coefficient (Wildman–Crippen LogP) is 0.265. The number of carbonyl (C=O) groups is 1. The minimum Gasteiger partial charge on any atom is -0.367 e. The zero-order valence-corrected chi connectivity index (χ0v) is 8.89. The lowest BCUT2D eigenvalue weighted by atomic mass is 10.1. The Balaban J connectivity index is 3.83. The van der Waals surface area contributed by atoms with E-state index in [4.69, 9.17) is 10.5 Å². The molecule has 1 amide bonds. The molecule has 78 valence electrons. The third-order valence-electron chi connectivity index (χ3n) is 1.35. The molecule has 13 heavy (non-hydrogen) atoms. The Labute approximate surface area is 79.8 Å². The number of carbonyl (C=O) groups excluding carboxylic acids is 1. The van der Waals surface area contributed by atoms with Crippen LogP contribution in [-0.2, 0) is 9.53 Å². The lowest BCUT2D eigenvalue weighted by Gasteiger charge is -2.23. The van der Waals surface area contributed by atoms with Crippen molar-refractivity contribution in [3.8, 4) is 0 Å². The van der Waals surface area contributed by atoms with E-state index in [0.29, 0.717) is 13.2 Å². The van der Waals surface area contributed by atoms with Gasteiger partial charge in [0, 0.05) is 12.1 Å². The summed E-state index contributed by atoms with van der Waals surface area (Å²) in [5, 5.41) is 2.82. The maximum absolute atomic E-state index is 11.4. The van der Waals surface area contributed by atoms with Crippen molar-refractivity contribution in [1.82, 2.24) is 5.32 Å². The third kappa shape index (κ3) is 6.54. The first-order chi connectivity index (χ1) is 5.87. The maximum atomic E-state index is 11.4. The van der Waals surface area contributed by atoms with E-state index in [-0.39, 0.29) is 11.4 Å². The molecule has 0 saturated carbocycles. The van der Waals surface area contributed by atoms with Gasteiger partial charge in [-0.05, 0) is 27.7 Å². The first-order valence-electron chi connectivity index (χ1n) is 4.50. The van der Waals surface area contributed by atoms with Gasteiger partial charge in [-0.25, -0.2) is 0 Å². The topological polar surface area (TPSA) is 64.3 Å². The summed E-state index contributed by atoms with van der Waals surface area (Å²) < 4.78 is 5.16. The largest absolute Gasteiger partial charge is 0.367 e. The average Bonchev–Trinajstić information content (AvgIpc) is 1.96. The first kappa shape index (κ1) is 12.4. The van der Waals surface area contributed by atoms with Crippen molar-refractivity contribution in [3.05, 3.63) is 0 Å². The van der Waals surface area contributed by atoms with Crippen LogP contribution in [0.4, 0.5) is 0 Å². The lowest BCUT2D eigenvalue weighted by Crippen LogP contribution is -2.46. The molecule has 0 aliphatic rings. The van der Waals surface area contributed by atoms with Crippen LogP contribution in [0, 0.1) is 0 Å². The van der Waals surface area contributed by atoms with Gasteiger partial charge in [-0.1, -0.05) is 0 Å². The molecule has 1 unspecified atom stereocenters. The van der Waals surface area contributed by atoms with Gasteiger partial charge >= 0.3 is 0 Å². The van der Waals surface area contributed by atoms with E-state index in [1.807, 2.05) is 20.8 Å². The second kappa shape index (κ2) is 5.19. The number of rotatable bonds is 4. The molecule has 0 bridgehead atoms. The SMILES string of the molecule is CC(OCCN)C(=O)NC(C)(C)C. The van der Waals surface area contributed by atoms with Crippen molar-refractivity contribution in [2.24, 2.45) is 5.73 Å². The zero-order chi connectivity index (χ0) is 10.5. The van der Waals surface area contributed by atoms with Crippen molar-refractivity contribution < 1.29 is 9.53 Å². The van der Waals surface area contributed by atoms with Crippen molar-refractivity contribution in [3.63, 3.8) is 0 Å². The van der Waals surface area contributed by atoms with E-state index < -0.39 is 6.10 Å². The van der Waals surface area contributed by atoms with Crippen molar-refractivity contribution in [2.75, 3.05) is 13.2 Å². The number of nitrogens with one attached hydrogen (secondary N) is 1. The number of nitrogens with two attached hydrogens (primary N) is 1. The van der Waals surface area contributed by atoms with E-state index in [1.54, 1.807) is 6.92 Å². The van der Waals surface area contributed by atoms with Gasteiger partial charge in [0.15, 0.2) is 0 Å². The highest BCUT2D eigenvalue weighted by molar-refractivity contribution is 5.80. The molecule has 1 atom stereocenters. The number of amides is 1. The maximum Gasteiger partial charge on any atom is 0.249 e. The molecule has 0 aromatic rings. The van der Waals surface area contributed by atoms with Gasteiger partial charge in [-0.2, -0.15) is 0 Å². The monoisotopic (exact) mass is 188 g/mol. The van der Waals surface area contributed by atoms with Gasteiger partial charge in [0.1, 0.15) is 6.10 Å². The minimum absolute atomic E-state index is 0.0963. The summed E-state index contributed by atoms with van der Waals surface area (Å²) in [6.07, 6.45) is -0.428. The quantitative estimate of drug-likeness (QED) is 0.665. The van der Waals surface area contributed by atoms with Gasteiger partial charge in [-0.3, -0.25) is 4.79 Å². The summed E-state index contributed by atoms with van der Waals surface area (Å²) in [4.78, 5) is 11.4. The second-order valence-electron chi connectivity index (χ2n) is 4.04. The Kier molecular flexibility index (Phi) is 4.95. The number of hydrogen-bond acceptors (Lipinski definition) is 3. The highest BCUT2D eigenvalue weighted by Crippen LogP contribution is 2.00. The van der Waals surface area contributed by atoms with E-state index in [0.717, 1.165) is 0 Å². The molecular weight excluding hydrogens is 168 g/mol. The van der Waals surface area contributed by atoms with Gasteiger partial charge < -0.3 is 15.8 Å². The summed E-state index contributed by atoms with van der Waals surface area (Å²) >= 11 is 0. The highest BCUT2D eigenvalue weighted by atomic mass is 16.5. The van der Waals surface area contributed by atoms with Crippen molar-refractivity contribution in [2.45, 2.75) is 39.3 Å². The lowest BCUT2D eigenvalue weighted by molar-refractivity contribution is -0.133. The molecular formula is C9H20N2O2. The van der Waals surface area contributed by atoms with Crippen molar-refractivity contribution in [1.29, 1.82) is 0 Å². The fourth-order valence-corrected chi connectivity index (χ4v) is 0.792. The van der Waals surface area contributed by atoms with E-state index in [1.165, 1.54) is 0 Å². The Hall–Kier alpha value is -0.610. The molecule has 0 saturated heterocycles. The fraction of sp³-hybridized carbons (Fsp3) is 0.889. The summed E-state index contributed by atoms with van der Waals surface area (Å²) in [5.74, 6) is -0.0963. The van der Waals surface area contributed by atoms with Crippen LogP contribution in [0.25, 0.3) is 0 Å². The summed E-state index contributed by atoms with van der Waals surface area (Å²) in [5.41, 5.74) is 5.04. The van der Waals surface area contributed by atoms with Gasteiger partial charge in [0.05, 0.1) is 6.61 Å². The van der Waals surface area contributed by atoms with Crippen LogP contribution >= 0.6 is 0 Å². The molecule has 0 spiro atoms. The standard InChI is InChI=1S/C9H20N2O2/c1-7(13-6-5-10)8(12)11-9(2,3)4/h7H,5-6,10H2,1-4H3,(H,11,12). The van der Waals surface area contributed by atoms with Crippen molar-refractivity contribution >= 4 is 5.91 Å². The molecule has 0 aliphatic heterocycles. The first-order valence-corrected chi connectivity index (χ1v) is 4.50. The molecule has 0 heterocycles. The minimum atomic E-state index is -0.428. The summed E-state index contributed by atoms with van der Waals surface area (Å²) in [6, 6.07) is 0. The van der Waals surface area contributed by atoms with E-state index >= 15 is 0 Å². The fourth-order valence-electron chi connectivity index (χ4n) is 0.792. The molecule has 0 aromatic carbocycles. The Bertz CT molecular complexity index is 163. The van der Waals surface area contributed by atoms with Crippen LogP contribution in [-0.4, -0.2) is 30.7 Å². The number of hydrogen-bond donors (Lipinski definition) is 2. The van der Waals surface area contributed by atoms with Crippen LogP contribution < -0.4 is 11.1 Å². The van der Waals surface area contributed by atoms with Gasteiger partial charge in [0.2, 0.25) is 5.91 Å². The van der Waals surface area contributed by atoms with E-state index in [2.05, 4.69) is 5.32 Å².